The Bertz CT molecular complexity index is 821. The van der Waals surface area contributed by atoms with Crippen LogP contribution in [0.2, 0.25) is 0 Å². The third-order valence-corrected chi connectivity index (χ3v) is 5.08. The molecule has 0 bridgehead atoms. The number of urea groups is 1. The van der Waals surface area contributed by atoms with E-state index in [2.05, 4.69) is 19.6 Å². The molecular formula is C17H19N5OS. The van der Waals surface area contributed by atoms with Gasteiger partial charge >= 0.3 is 6.03 Å². The first-order valence-corrected chi connectivity index (χ1v) is 8.90. The molecule has 3 aromatic heterocycles. The molecule has 1 N–H and O–H groups in total. The first-order valence-electron chi connectivity index (χ1n) is 8.02. The Morgan fingerprint density at radius 1 is 1.17 bits per heavy atom. The third kappa shape index (κ3) is 3.13. The van der Waals surface area contributed by atoms with Crippen molar-refractivity contribution >= 4 is 28.0 Å². The van der Waals surface area contributed by atoms with Gasteiger partial charge in [-0.3, -0.25) is 10.2 Å². The van der Waals surface area contributed by atoms with E-state index >= 15 is 0 Å². The summed E-state index contributed by atoms with van der Waals surface area (Å²) in [6, 6.07) is 9.88. The second-order valence-electron chi connectivity index (χ2n) is 5.85. The molecule has 0 spiro atoms. The van der Waals surface area contributed by atoms with Crippen LogP contribution in [0.15, 0.2) is 48.1 Å². The molecule has 3 aromatic rings. The first-order chi connectivity index (χ1) is 11.8. The van der Waals surface area contributed by atoms with Gasteiger partial charge in [0.05, 0.1) is 16.9 Å². The molecule has 4 rings (SSSR count). The molecule has 6 nitrogen and oxygen atoms in total. The van der Waals surface area contributed by atoms with Gasteiger partial charge in [0, 0.05) is 38.9 Å². The minimum Gasteiger partial charge on any atom is -0.322 e. The molecule has 0 aliphatic carbocycles. The van der Waals surface area contributed by atoms with Crippen molar-refractivity contribution in [2.75, 3.05) is 31.5 Å². The number of aromatic nitrogens is 2. The second-order valence-corrected chi connectivity index (χ2v) is 6.80. The highest BCUT2D eigenvalue weighted by Gasteiger charge is 2.22. The molecule has 1 aliphatic rings. The summed E-state index contributed by atoms with van der Waals surface area (Å²) in [6.07, 6.45) is 3.98. The molecule has 0 atom stereocenters. The number of hydrogen-bond acceptors (Lipinski definition) is 4. The van der Waals surface area contributed by atoms with Gasteiger partial charge in [0.1, 0.15) is 5.65 Å². The summed E-state index contributed by atoms with van der Waals surface area (Å²) in [4.78, 5) is 20.9. The fourth-order valence-corrected chi connectivity index (χ4v) is 3.58. The summed E-state index contributed by atoms with van der Waals surface area (Å²) in [7, 11) is 0. The van der Waals surface area contributed by atoms with E-state index in [-0.39, 0.29) is 6.03 Å². The standard InChI is InChI=1S/C17H19N5OS/c23-17(19-16-5-3-11-24-16)21-9-7-20(8-10-21)13-14-12-18-15-4-1-2-6-22(14)15/h1-6,11-12H,7-10,13H2,(H,19,23). The zero-order chi connectivity index (χ0) is 16.4. The van der Waals surface area contributed by atoms with Crippen molar-refractivity contribution in [2.24, 2.45) is 0 Å². The van der Waals surface area contributed by atoms with Crippen molar-refractivity contribution in [3.05, 3.63) is 53.8 Å². The number of anilines is 1. The molecule has 2 amide bonds. The van der Waals surface area contributed by atoms with Crippen molar-refractivity contribution in [3.63, 3.8) is 0 Å². The van der Waals surface area contributed by atoms with Gasteiger partial charge in [0.25, 0.3) is 0 Å². The quantitative estimate of drug-likeness (QED) is 0.797. The first kappa shape index (κ1) is 15.2. The maximum Gasteiger partial charge on any atom is 0.322 e. The number of nitrogens with zero attached hydrogens (tertiary/aromatic N) is 4. The maximum absolute atomic E-state index is 12.3. The SMILES string of the molecule is O=C(Nc1cccs1)N1CCN(Cc2cnc3ccccn23)CC1. The van der Waals surface area contributed by atoms with Crippen LogP contribution in [0.25, 0.3) is 5.65 Å². The van der Waals surface area contributed by atoms with E-state index in [4.69, 9.17) is 0 Å². The summed E-state index contributed by atoms with van der Waals surface area (Å²) in [6.45, 7) is 4.09. The fourth-order valence-electron chi connectivity index (χ4n) is 2.97. The number of thiophene rings is 1. The molecule has 1 saturated heterocycles. The number of piperazine rings is 1. The van der Waals surface area contributed by atoms with E-state index < -0.39 is 0 Å². The highest BCUT2D eigenvalue weighted by molar-refractivity contribution is 7.14. The van der Waals surface area contributed by atoms with E-state index in [1.54, 1.807) is 11.3 Å². The number of imidazole rings is 1. The van der Waals surface area contributed by atoms with Gasteiger partial charge in [-0.2, -0.15) is 0 Å². The number of hydrogen-bond donors (Lipinski definition) is 1. The molecule has 0 saturated carbocycles. The summed E-state index contributed by atoms with van der Waals surface area (Å²) in [5.74, 6) is 0. The monoisotopic (exact) mass is 341 g/mol. The Labute approximate surface area is 144 Å². The van der Waals surface area contributed by atoms with E-state index in [0.717, 1.165) is 43.4 Å². The lowest BCUT2D eigenvalue weighted by molar-refractivity contribution is 0.142. The Morgan fingerprint density at radius 2 is 2.04 bits per heavy atom. The zero-order valence-electron chi connectivity index (χ0n) is 13.3. The Kier molecular flexibility index (Phi) is 4.18. The van der Waals surface area contributed by atoms with Crippen molar-refractivity contribution in [3.8, 4) is 0 Å². The van der Waals surface area contributed by atoms with Crippen LogP contribution in [-0.4, -0.2) is 51.4 Å². The van der Waals surface area contributed by atoms with Crippen LogP contribution in [0.3, 0.4) is 0 Å². The Morgan fingerprint density at radius 3 is 2.83 bits per heavy atom. The molecule has 0 aromatic carbocycles. The molecule has 0 radical (unpaired) electrons. The fraction of sp³-hybridized carbons (Fsp3) is 0.294. The number of amides is 2. The lowest BCUT2D eigenvalue weighted by Crippen LogP contribution is -2.49. The third-order valence-electron chi connectivity index (χ3n) is 4.29. The van der Waals surface area contributed by atoms with Crippen molar-refractivity contribution in [2.45, 2.75) is 6.54 Å². The van der Waals surface area contributed by atoms with E-state index in [1.165, 1.54) is 5.69 Å². The van der Waals surface area contributed by atoms with Crippen LogP contribution in [0, 0.1) is 0 Å². The van der Waals surface area contributed by atoms with E-state index in [1.807, 2.05) is 53.0 Å². The van der Waals surface area contributed by atoms with Crippen LogP contribution in [0.5, 0.6) is 0 Å². The molecule has 7 heteroatoms. The topological polar surface area (TPSA) is 52.9 Å². The second kappa shape index (κ2) is 6.62. The number of carbonyl (C=O) groups is 1. The minimum atomic E-state index is -0.00750. The number of rotatable bonds is 3. The normalized spacial score (nSPS) is 15.8. The number of pyridine rings is 1. The lowest BCUT2D eigenvalue weighted by Gasteiger charge is -2.34. The van der Waals surface area contributed by atoms with Crippen LogP contribution in [0.1, 0.15) is 5.69 Å². The van der Waals surface area contributed by atoms with Crippen molar-refractivity contribution < 1.29 is 4.79 Å². The molecule has 124 valence electrons. The van der Waals surface area contributed by atoms with Crippen molar-refractivity contribution in [1.82, 2.24) is 19.2 Å². The highest BCUT2D eigenvalue weighted by atomic mass is 32.1. The molecule has 4 heterocycles. The molecule has 1 fully saturated rings. The summed E-state index contributed by atoms with van der Waals surface area (Å²) < 4.78 is 2.12. The Balaban J connectivity index is 1.33. The van der Waals surface area contributed by atoms with Crippen LogP contribution < -0.4 is 5.32 Å². The number of fused-ring (bicyclic) bond motifs is 1. The van der Waals surface area contributed by atoms with Gasteiger partial charge in [-0.05, 0) is 29.6 Å². The van der Waals surface area contributed by atoms with Gasteiger partial charge < -0.3 is 9.30 Å². The molecule has 0 unspecified atom stereocenters. The molecular weight excluding hydrogens is 322 g/mol. The van der Waals surface area contributed by atoms with Crippen LogP contribution in [-0.2, 0) is 6.54 Å². The van der Waals surface area contributed by atoms with Gasteiger partial charge in [-0.15, -0.1) is 11.3 Å². The summed E-state index contributed by atoms with van der Waals surface area (Å²) in [5.41, 5.74) is 2.16. The van der Waals surface area contributed by atoms with Crippen molar-refractivity contribution in [1.29, 1.82) is 0 Å². The molecule has 1 aliphatic heterocycles. The van der Waals surface area contributed by atoms with Crippen LogP contribution >= 0.6 is 11.3 Å². The van der Waals surface area contributed by atoms with E-state index in [9.17, 15) is 4.79 Å². The number of carbonyl (C=O) groups excluding carboxylic acids is 1. The largest absolute Gasteiger partial charge is 0.322 e. The highest BCUT2D eigenvalue weighted by Crippen LogP contribution is 2.16. The average Bonchev–Trinajstić information content (AvgIpc) is 3.26. The smallest absolute Gasteiger partial charge is 0.322 e. The Hall–Kier alpha value is -2.38. The summed E-state index contributed by atoms with van der Waals surface area (Å²) >= 11 is 1.54. The van der Waals surface area contributed by atoms with Crippen LogP contribution in [0.4, 0.5) is 9.80 Å². The van der Waals surface area contributed by atoms with Gasteiger partial charge in [0.2, 0.25) is 0 Å². The molecule has 24 heavy (non-hydrogen) atoms. The van der Waals surface area contributed by atoms with Gasteiger partial charge in [-0.25, -0.2) is 9.78 Å². The average molecular weight is 341 g/mol. The predicted molar refractivity (Wildman–Crippen MR) is 95.4 cm³/mol. The van der Waals surface area contributed by atoms with Gasteiger partial charge in [-0.1, -0.05) is 6.07 Å². The zero-order valence-corrected chi connectivity index (χ0v) is 14.1. The summed E-state index contributed by atoms with van der Waals surface area (Å²) in [5, 5.41) is 5.81. The minimum absolute atomic E-state index is 0.00750. The maximum atomic E-state index is 12.3. The van der Waals surface area contributed by atoms with E-state index in [0.29, 0.717) is 0 Å². The predicted octanol–water partition coefficient (Wildman–Crippen LogP) is 2.75. The lowest BCUT2D eigenvalue weighted by atomic mass is 10.3. The number of nitrogens with one attached hydrogen (secondary N) is 1. The van der Waals surface area contributed by atoms with Gasteiger partial charge in [0.15, 0.2) is 0 Å².